The number of hydrogen-bond acceptors (Lipinski definition) is 3. The van der Waals surface area contributed by atoms with Crippen LogP contribution in [-0.4, -0.2) is 30.3 Å². The second-order valence-corrected chi connectivity index (χ2v) is 3.25. The van der Waals surface area contributed by atoms with E-state index in [-0.39, 0.29) is 12.1 Å². The first-order valence-electron chi connectivity index (χ1n) is 3.79. The SMILES string of the molecule is CC1CNCCC1(N)CO. The molecule has 2 atom stereocenters. The van der Waals surface area contributed by atoms with Crippen molar-refractivity contribution < 1.29 is 5.11 Å². The third-order valence-electron chi connectivity index (χ3n) is 2.49. The summed E-state index contributed by atoms with van der Waals surface area (Å²) >= 11 is 0. The first-order chi connectivity index (χ1) is 4.69. The van der Waals surface area contributed by atoms with Gasteiger partial charge in [0, 0.05) is 5.54 Å². The van der Waals surface area contributed by atoms with Gasteiger partial charge >= 0.3 is 0 Å². The van der Waals surface area contributed by atoms with E-state index in [1.165, 1.54) is 0 Å². The Morgan fingerprint density at radius 3 is 2.90 bits per heavy atom. The molecule has 0 spiro atoms. The van der Waals surface area contributed by atoms with Crippen molar-refractivity contribution in [2.24, 2.45) is 11.7 Å². The summed E-state index contributed by atoms with van der Waals surface area (Å²) in [5.41, 5.74) is 5.58. The Morgan fingerprint density at radius 1 is 1.80 bits per heavy atom. The van der Waals surface area contributed by atoms with Crippen molar-refractivity contribution in [1.82, 2.24) is 5.32 Å². The molecule has 3 nitrogen and oxygen atoms in total. The van der Waals surface area contributed by atoms with Crippen LogP contribution in [0, 0.1) is 5.92 Å². The quantitative estimate of drug-likeness (QED) is 0.456. The van der Waals surface area contributed by atoms with Crippen LogP contribution < -0.4 is 11.1 Å². The number of aliphatic hydroxyl groups is 1. The summed E-state index contributed by atoms with van der Waals surface area (Å²) in [6.07, 6.45) is 0.880. The molecule has 0 aromatic rings. The standard InChI is InChI=1S/C7H16N2O/c1-6-4-9-3-2-7(6,8)5-10/h6,9-10H,2-5,8H2,1H3. The number of aliphatic hydroxyl groups excluding tert-OH is 1. The lowest BCUT2D eigenvalue weighted by atomic mass is 9.81. The Morgan fingerprint density at radius 2 is 2.50 bits per heavy atom. The molecule has 0 saturated carbocycles. The molecule has 10 heavy (non-hydrogen) atoms. The minimum Gasteiger partial charge on any atom is -0.394 e. The van der Waals surface area contributed by atoms with Gasteiger partial charge in [-0.25, -0.2) is 0 Å². The minimum atomic E-state index is -0.328. The average Bonchev–Trinajstić information content (AvgIpc) is 1.96. The Kier molecular flexibility index (Phi) is 2.28. The predicted molar refractivity (Wildman–Crippen MR) is 40.7 cm³/mol. The van der Waals surface area contributed by atoms with Gasteiger partial charge in [0.15, 0.2) is 0 Å². The van der Waals surface area contributed by atoms with Gasteiger partial charge in [-0.1, -0.05) is 6.92 Å². The minimum absolute atomic E-state index is 0.107. The van der Waals surface area contributed by atoms with Crippen LogP contribution >= 0.6 is 0 Å². The Hall–Kier alpha value is -0.120. The molecular formula is C7H16N2O. The fourth-order valence-electron chi connectivity index (χ4n) is 1.32. The molecular weight excluding hydrogens is 128 g/mol. The van der Waals surface area contributed by atoms with Crippen LogP contribution in [0.4, 0.5) is 0 Å². The van der Waals surface area contributed by atoms with Crippen molar-refractivity contribution in [3.8, 4) is 0 Å². The van der Waals surface area contributed by atoms with E-state index in [0.29, 0.717) is 5.92 Å². The highest BCUT2D eigenvalue weighted by Crippen LogP contribution is 2.19. The number of hydrogen-bond donors (Lipinski definition) is 3. The highest BCUT2D eigenvalue weighted by atomic mass is 16.3. The second-order valence-electron chi connectivity index (χ2n) is 3.25. The van der Waals surface area contributed by atoms with Crippen LogP contribution in [0.15, 0.2) is 0 Å². The van der Waals surface area contributed by atoms with E-state index in [4.69, 9.17) is 10.8 Å². The van der Waals surface area contributed by atoms with E-state index >= 15 is 0 Å². The smallest absolute Gasteiger partial charge is 0.0614 e. The van der Waals surface area contributed by atoms with E-state index in [9.17, 15) is 0 Å². The van der Waals surface area contributed by atoms with Crippen molar-refractivity contribution in [1.29, 1.82) is 0 Å². The Labute approximate surface area is 61.6 Å². The zero-order valence-corrected chi connectivity index (χ0v) is 6.43. The van der Waals surface area contributed by atoms with Crippen LogP contribution in [0.25, 0.3) is 0 Å². The molecule has 0 radical (unpaired) electrons. The highest BCUT2D eigenvalue weighted by molar-refractivity contribution is 4.93. The normalized spacial score (nSPS) is 41.7. The van der Waals surface area contributed by atoms with Crippen molar-refractivity contribution in [2.75, 3.05) is 19.7 Å². The summed E-state index contributed by atoms with van der Waals surface area (Å²) in [5, 5.41) is 12.2. The monoisotopic (exact) mass is 144 g/mol. The summed E-state index contributed by atoms with van der Waals surface area (Å²) in [6.45, 7) is 4.04. The summed E-state index contributed by atoms with van der Waals surface area (Å²) in [5.74, 6) is 0.381. The van der Waals surface area contributed by atoms with E-state index in [2.05, 4.69) is 12.2 Å². The molecule has 0 amide bonds. The molecule has 2 unspecified atom stereocenters. The third-order valence-corrected chi connectivity index (χ3v) is 2.49. The van der Waals surface area contributed by atoms with Gasteiger partial charge in [-0.15, -0.1) is 0 Å². The van der Waals surface area contributed by atoms with Crippen molar-refractivity contribution in [3.05, 3.63) is 0 Å². The maximum absolute atomic E-state index is 8.97. The van der Waals surface area contributed by atoms with Crippen molar-refractivity contribution in [3.63, 3.8) is 0 Å². The molecule has 0 aromatic carbocycles. The molecule has 1 fully saturated rings. The summed E-state index contributed by atoms with van der Waals surface area (Å²) in [7, 11) is 0. The van der Waals surface area contributed by atoms with Gasteiger partial charge < -0.3 is 16.2 Å². The highest BCUT2D eigenvalue weighted by Gasteiger charge is 2.33. The predicted octanol–water partition coefficient (Wildman–Crippen LogP) is -0.694. The summed E-state index contributed by atoms with van der Waals surface area (Å²) in [6, 6.07) is 0. The van der Waals surface area contributed by atoms with Gasteiger partial charge in [0.05, 0.1) is 6.61 Å². The third kappa shape index (κ3) is 1.31. The van der Waals surface area contributed by atoms with Crippen LogP contribution in [-0.2, 0) is 0 Å². The Balaban J connectivity index is 2.54. The largest absolute Gasteiger partial charge is 0.394 e. The van der Waals surface area contributed by atoms with Gasteiger partial charge in [0.1, 0.15) is 0 Å². The molecule has 1 rings (SSSR count). The molecule has 1 aliphatic rings. The first kappa shape index (κ1) is 7.98. The van der Waals surface area contributed by atoms with E-state index in [1.54, 1.807) is 0 Å². The fourth-order valence-corrected chi connectivity index (χ4v) is 1.32. The van der Waals surface area contributed by atoms with Gasteiger partial charge in [0.25, 0.3) is 0 Å². The molecule has 4 N–H and O–H groups in total. The second kappa shape index (κ2) is 2.86. The Bertz CT molecular complexity index is 118. The number of nitrogens with two attached hydrogens (primary N) is 1. The van der Waals surface area contributed by atoms with Crippen molar-refractivity contribution in [2.45, 2.75) is 18.9 Å². The molecule has 1 aliphatic heterocycles. The maximum Gasteiger partial charge on any atom is 0.0614 e. The maximum atomic E-state index is 8.97. The zero-order chi connectivity index (χ0) is 7.61. The number of nitrogens with one attached hydrogen (secondary N) is 1. The van der Waals surface area contributed by atoms with E-state index in [0.717, 1.165) is 19.5 Å². The molecule has 0 aliphatic carbocycles. The average molecular weight is 144 g/mol. The van der Waals surface area contributed by atoms with E-state index < -0.39 is 0 Å². The lowest BCUT2D eigenvalue weighted by Crippen LogP contribution is -2.57. The molecule has 3 heteroatoms. The van der Waals surface area contributed by atoms with Gasteiger partial charge in [-0.05, 0) is 25.4 Å². The zero-order valence-electron chi connectivity index (χ0n) is 6.43. The van der Waals surface area contributed by atoms with Crippen LogP contribution in [0.3, 0.4) is 0 Å². The molecule has 0 bridgehead atoms. The number of piperidine rings is 1. The van der Waals surface area contributed by atoms with E-state index in [1.807, 2.05) is 0 Å². The lowest BCUT2D eigenvalue weighted by Gasteiger charge is -2.38. The van der Waals surface area contributed by atoms with Gasteiger partial charge in [-0.2, -0.15) is 0 Å². The molecule has 0 aromatic heterocycles. The lowest BCUT2D eigenvalue weighted by molar-refractivity contribution is 0.118. The molecule has 1 saturated heterocycles. The molecule has 1 heterocycles. The van der Waals surface area contributed by atoms with Crippen LogP contribution in [0.2, 0.25) is 0 Å². The van der Waals surface area contributed by atoms with Crippen LogP contribution in [0.1, 0.15) is 13.3 Å². The van der Waals surface area contributed by atoms with Gasteiger partial charge in [-0.3, -0.25) is 0 Å². The van der Waals surface area contributed by atoms with Crippen LogP contribution in [0.5, 0.6) is 0 Å². The van der Waals surface area contributed by atoms with Crippen molar-refractivity contribution >= 4 is 0 Å². The molecule has 60 valence electrons. The summed E-state index contributed by atoms with van der Waals surface area (Å²) < 4.78 is 0. The van der Waals surface area contributed by atoms with Gasteiger partial charge in [0.2, 0.25) is 0 Å². The number of rotatable bonds is 1. The first-order valence-corrected chi connectivity index (χ1v) is 3.79. The fraction of sp³-hybridized carbons (Fsp3) is 1.00. The topological polar surface area (TPSA) is 58.3 Å². The summed E-state index contributed by atoms with van der Waals surface area (Å²) in [4.78, 5) is 0.